The highest BCUT2D eigenvalue weighted by Gasteiger charge is 2.19. The fourth-order valence-corrected chi connectivity index (χ4v) is 2.91. The molecule has 0 saturated heterocycles. The zero-order valence-electron chi connectivity index (χ0n) is 12.5. The zero-order valence-corrected chi connectivity index (χ0v) is 12.5. The number of aromatic nitrogens is 1. The lowest BCUT2D eigenvalue weighted by atomic mass is 9.99. The van der Waals surface area contributed by atoms with E-state index in [4.69, 9.17) is 0 Å². The lowest BCUT2D eigenvalue weighted by Gasteiger charge is -2.20. The molecule has 0 aliphatic carbocycles. The van der Waals surface area contributed by atoms with E-state index < -0.39 is 0 Å². The molecule has 0 radical (unpaired) electrons. The summed E-state index contributed by atoms with van der Waals surface area (Å²) in [5.41, 5.74) is 2.28. The molecule has 1 aromatic heterocycles. The topological polar surface area (TPSA) is 51.1 Å². The van der Waals surface area contributed by atoms with Crippen molar-refractivity contribution in [3.8, 4) is 0 Å². The van der Waals surface area contributed by atoms with Crippen molar-refractivity contribution in [3.05, 3.63) is 45.7 Å². The maximum absolute atomic E-state index is 12.6. The van der Waals surface area contributed by atoms with Gasteiger partial charge in [-0.05, 0) is 30.4 Å². The molecular formula is C17H20N2O2. The number of rotatable bonds is 3. The molecule has 0 atom stereocenters. The lowest BCUT2D eigenvalue weighted by molar-refractivity contribution is 0.0947. The lowest BCUT2D eigenvalue weighted by Crippen LogP contribution is -2.32. The van der Waals surface area contributed by atoms with Gasteiger partial charge < -0.3 is 9.88 Å². The number of amides is 1. The van der Waals surface area contributed by atoms with E-state index in [9.17, 15) is 9.59 Å². The van der Waals surface area contributed by atoms with E-state index >= 15 is 0 Å². The average molecular weight is 284 g/mol. The molecule has 4 heteroatoms. The third-order valence-corrected chi connectivity index (χ3v) is 3.94. The Morgan fingerprint density at radius 3 is 2.95 bits per heavy atom. The quantitative estimate of drug-likeness (QED) is 0.940. The maximum Gasteiger partial charge on any atom is 0.256 e. The second-order valence-corrected chi connectivity index (χ2v) is 6.09. The van der Waals surface area contributed by atoms with E-state index in [2.05, 4.69) is 16.0 Å². The number of pyridine rings is 1. The average Bonchev–Trinajstić information content (AvgIpc) is 2.48. The summed E-state index contributed by atoms with van der Waals surface area (Å²) in [5, 5.41) is 3.49. The summed E-state index contributed by atoms with van der Waals surface area (Å²) >= 11 is 0. The van der Waals surface area contributed by atoms with E-state index in [1.54, 1.807) is 6.20 Å². The van der Waals surface area contributed by atoms with Gasteiger partial charge in [-0.1, -0.05) is 26.0 Å². The molecule has 1 aliphatic heterocycles. The Morgan fingerprint density at radius 2 is 2.19 bits per heavy atom. The van der Waals surface area contributed by atoms with E-state index in [1.165, 1.54) is 5.56 Å². The number of carbonyl (C=O) groups is 1. The molecule has 1 N–H and O–H groups in total. The smallest absolute Gasteiger partial charge is 0.256 e. The van der Waals surface area contributed by atoms with Gasteiger partial charge in [0.1, 0.15) is 5.56 Å². The van der Waals surface area contributed by atoms with Crippen molar-refractivity contribution in [3.63, 3.8) is 0 Å². The van der Waals surface area contributed by atoms with Crippen molar-refractivity contribution in [2.45, 2.75) is 33.2 Å². The molecule has 0 unspecified atom stereocenters. The Bertz CT molecular complexity index is 759. The van der Waals surface area contributed by atoms with Crippen LogP contribution in [0.4, 0.5) is 0 Å². The molecular weight excluding hydrogens is 264 g/mol. The van der Waals surface area contributed by atoms with Gasteiger partial charge in [0.15, 0.2) is 0 Å². The third kappa shape index (κ3) is 2.46. The molecule has 1 aromatic carbocycles. The van der Waals surface area contributed by atoms with E-state index in [0.717, 1.165) is 24.9 Å². The van der Waals surface area contributed by atoms with Crippen LogP contribution in [0.15, 0.2) is 29.2 Å². The molecule has 110 valence electrons. The zero-order chi connectivity index (χ0) is 15.0. The molecule has 4 nitrogen and oxygen atoms in total. The Labute approximate surface area is 123 Å². The van der Waals surface area contributed by atoms with Gasteiger partial charge in [-0.2, -0.15) is 0 Å². The molecule has 0 bridgehead atoms. The minimum atomic E-state index is -0.268. The number of para-hydroxylation sites is 1. The fraction of sp³-hybridized carbons (Fsp3) is 0.412. The predicted octanol–water partition coefficient (Wildman–Crippen LogP) is 2.33. The van der Waals surface area contributed by atoms with Gasteiger partial charge in [-0.3, -0.25) is 9.59 Å². The highest BCUT2D eigenvalue weighted by atomic mass is 16.2. The number of carbonyl (C=O) groups excluding carboxylic acids is 1. The molecule has 0 fully saturated rings. The van der Waals surface area contributed by atoms with Crippen LogP contribution < -0.4 is 10.7 Å². The molecule has 0 saturated carbocycles. The van der Waals surface area contributed by atoms with Crippen LogP contribution in [-0.2, 0) is 13.0 Å². The first kappa shape index (κ1) is 13.9. The van der Waals surface area contributed by atoms with Crippen LogP contribution in [-0.4, -0.2) is 17.0 Å². The molecule has 2 heterocycles. The summed E-state index contributed by atoms with van der Waals surface area (Å²) in [5.74, 6) is 0.0949. The van der Waals surface area contributed by atoms with Crippen molar-refractivity contribution < 1.29 is 4.79 Å². The van der Waals surface area contributed by atoms with Gasteiger partial charge in [0.2, 0.25) is 5.43 Å². The van der Waals surface area contributed by atoms with Crippen LogP contribution in [0.2, 0.25) is 0 Å². The minimum absolute atomic E-state index is 0.161. The van der Waals surface area contributed by atoms with Crippen LogP contribution in [0, 0.1) is 5.92 Å². The van der Waals surface area contributed by atoms with Crippen LogP contribution in [0.1, 0.15) is 36.2 Å². The summed E-state index contributed by atoms with van der Waals surface area (Å²) in [6, 6.07) is 5.79. The molecule has 3 rings (SSSR count). The van der Waals surface area contributed by atoms with Gasteiger partial charge in [0.25, 0.3) is 5.91 Å². The first-order chi connectivity index (χ1) is 10.1. The largest absolute Gasteiger partial charge is 0.352 e. The molecule has 21 heavy (non-hydrogen) atoms. The second kappa shape index (κ2) is 5.35. The first-order valence-corrected chi connectivity index (χ1v) is 7.51. The fourth-order valence-electron chi connectivity index (χ4n) is 2.91. The Hall–Kier alpha value is -2.10. The Balaban J connectivity index is 2.11. The molecule has 2 aromatic rings. The summed E-state index contributed by atoms with van der Waals surface area (Å²) in [6.07, 6.45) is 3.76. The first-order valence-electron chi connectivity index (χ1n) is 7.51. The van der Waals surface area contributed by atoms with Crippen molar-refractivity contribution in [1.82, 2.24) is 9.88 Å². The summed E-state index contributed by atoms with van der Waals surface area (Å²) in [6.45, 7) is 5.50. The highest BCUT2D eigenvalue weighted by Crippen LogP contribution is 2.23. The van der Waals surface area contributed by atoms with Crippen LogP contribution in [0.3, 0.4) is 0 Å². The number of hydrogen-bond donors (Lipinski definition) is 1. The highest BCUT2D eigenvalue weighted by molar-refractivity contribution is 5.97. The van der Waals surface area contributed by atoms with Crippen molar-refractivity contribution in [2.75, 3.05) is 6.54 Å². The third-order valence-electron chi connectivity index (χ3n) is 3.94. The van der Waals surface area contributed by atoms with Gasteiger partial charge >= 0.3 is 0 Å². The van der Waals surface area contributed by atoms with Gasteiger partial charge in [-0.25, -0.2) is 0 Å². The van der Waals surface area contributed by atoms with Crippen molar-refractivity contribution >= 4 is 16.8 Å². The van der Waals surface area contributed by atoms with E-state index in [0.29, 0.717) is 17.8 Å². The summed E-state index contributed by atoms with van der Waals surface area (Å²) in [7, 11) is 0. The van der Waals surface area contributed by atoms with Gasteiger partial charge in [0.05, 0.1) is 5.52 Å². The normalized spacial score (nSPS) is 13.7. The van der Waals surface area contributed by atoms with E-state index in [1.807, 2.05) is 26.0 Å². The number of hydrogen-bond acceptors (Lipinski definition) is 2. The summed E-state index contributed by atoms with van der Waals surface area (Å²) < 4.78 is 2.06. The summed E-state index contributed by atoms with van der Waals surface area (Å²) in [4.78, 5) is 24.8. The van der Waals surface area contributed by atoms with Crippen molar-refractivity contribution in [2.24, 2.45) is 5.92 Å². The van der Waals surface area contributed by atoms with Crippen molar-refractivity contribution in [1.29, 1.82) is 0 Å². The standard InChI is InChI=1S/C17H20N2O2/c1-11(2)9-18-17(21)14-10-19-8-4-6-12-5-3-7-13(15(12)19)16(14)20/h3,5,7,10-11H,4,6,8-9H2,1-2H3,(H,18,21). The molecule has 1 aliphatic rings. The second-order valence-electron chi connectivity index (χ2n) is 6.09. The Morgan fingerprint density at radius 1 is 1.38 bits per heavy atom. The minimum Gasteiger partial charge on any atom is -0.352 e. The number of aryl methyl sites for hydroxylation is 2. The SMILES string of the molecule is CC(C)CNC(=O)c1cn2c3c(cccc3c1=O)CCC2. The number of nitrogens with zero attached hydrogens (tertiary/aromatic N) is 1. The predicted molar refractivity (Wildman–Crippen MR) is 83.7 cm³/mol. The molecule has 1 amide bonds. The van der Waals surface area contributed by atoms with Crippen LogP contribution in [0.25, 0.3) is 10.9 Å². The number of benzene rings is 1. The van der Waals surface area contributed by atoms with Crippen LogP contribution >= 0.6 is 0 Å². The van der Waals surface area contributed by atoms with E-state index in [-0.39, 0.29) is 16.9 Å². The Kier molecular flexibility index (Phi) is 3.53. The number of nitrogens with one attached hydrogen (secondary N) is 1. The van der Waals surface area contributed by atoms with Gasteiger partial charge in [-0.15, -0.1) is 0 Å². The molecule has 0 spiro atoms. The monoisotopic (exact) mass is 284 g/mol. The maximum atomic E-state index is 12.6. The van der Waals surface area contributed by atoms with Gasteiger partial charge in [0, 0.05) is 24.7 Å². The van der Waals surface area contributed by atoms with Crippen LogP contribution in [0.5, 0.6) is 0 Å².